The lowest BCUT2D eigenvalue weighted by molar-refractivity contribution is -0.138. The molecular formula is C9H17Cl2NO. The number of carbonyl (C=O) groups is 1. The molecule has 0 aromatic carbocycles. The fourth-order valence-electron chi connectivity index (χ4n) is 0.993. The van der Waals surface area contributed by atoms with Crippen LogP contribution in [0.4, 0.5) is 0 Å². The molecule has 1 amide bonds. The van der Waals surface area contributed by atoms with Crippen molar-refractivity contribution in [2.24, 2.45) is 5.41 Å². The van der Waals surface area contributed by atoms with Crippen molar-refractivity contribution < 1.29 is 4.79 Å². The molecule has 2 nitrogen and oxygen atoms in total. The summed E-state index contributed by atoms with van der Waals surface area (Å²) in [6.45, 7) is 6.83. The van der Waals surface area contributed by atoms with E-state index < -0.39 is 0 Å². The van der Waals surface area contributed by atoms with E-state index >= 15 is 0 Å². The molecule has 0 aliphatic carbocycles. The van der Waals surface area contributed by atoms with Gasteiger partial charge in [0.25, 0.3) is 0 Å². The molecule has 0 rings (SSSR count). The van der Waals surface area contributed by atoms with Gasteiger partial charge in [-0.1, -0.05) is 20.8 Å². The Morgan fingerprint density at radius 1 is 1.15 bits per heavy atom. The quantitative estimate of drug-likeness (QED) is 0.674. The van der Waals surface area contributed by atoms with Crippen LogP contribution < -0.4 is 0 Å². The van der Waals surface area contributed by atoms with E-state index in [1.54, 1.807) is 4.90 Å². The van der Waals surface area contributed by atoms with Crippen molar-refractivity contribution in [1.29, 1.82) is 0 Å². The minimum absolute atomic E-state index is 0.105. The van der Waals surface area contributed by atoms with Gasteiger partial charge >= 0.3 is 0 Å². The predicted molar refractivity (Wildman–Crippen MR) is 57.5 cm³/mol. The van der Waals surface area contributed by atoms with Crippen LogP contribution in [-0.2, 0) is 4.79 Å². The standard InChI is InChI=1S/C9H17Cl2NO/c1-9(2,3)8(13)12(6-4-10)7-5-11/h4-7H2,1-3H3. The smallest absolute Gasteiger partial charge is 0.228 e. The first-order chi connectivity index (χ1) is 5.93. The van der Waals surface area contributed by atoms with Crippen LogP contribution in [-0.4, -0.2) is 35.7 Å². The van der Waals surface area contributed by atoms with Gasteiger partial charge in [-0.05, 0) is 0 Å². The van der Waals surface area contributed by atoms with Gasteiger partial charge in [0.05, 0.1) is 0 Å². The third kappa shape index (κ3) is 4.72. The summed E-state index contributed by atoms with van der Waals surface area (Å²) in [5.74, 6) is 1.02. The second kappa shape index (κ2) is 5.71. The fourth-order valence-corrected chi connectivity index (χ4v) is 1.40. The van der Waals surface area contributed by atoms with Crippen LogP contribution in [0.1, 0.15) is 20.8 Å². The van der Waals surface area contributed by atoms with E-state index in [1.165, 1.54) is 0 Å². The summed E-state index contributed by atoms with van der Waals surface area (Å²) in [7, 11) is 0. The summed E-state index contributed by atoms with van der Waals surface area (Å²) in [5.41, 5.74) is -0.349. The SMILES string of the molecule is CC(C)(C)C(=O)N(CCCl)CCCl. The largest absolute Gasteiger partial charge is 0.340 e. The van der Waals surface area contributed by atoms with Crippen LogP contribution >= 0.6 is 23.2 Å². The van der Waals surface area contributed by atoms with Crippen LogP contribution in [0, 0.1) is 5.41 Å². The van der Waals surface area contributed by atoms with E-state index in [4.69, 9.17) is 23.2 Å². The van der Waals surface area contributed by atoms with Gasteiger partial charge in [-0.15, -0.1) is 23.2 Å². The van der Waals surface area contributed by atoms with Crippen molar-refractivity contribution in [2.75, 3.05) is 24.8 Å². The van der Waals surface area contributed by atoms with E-state index in [0.717, 1.165) is 0 Å². The Kier molecular flexibility index (Phi) is 5.73. The van der Waals surface area contributed by atoms with Gasteiger partial charge in [0.15, 0.2) is 0 Å². The van der Waals surface area contributed by atoms with Crippen molar-refractivity contribution >= 4 is 29.1 Å². The second-order valence-corrected chi connectivity index (χ2v) is 4.68. The topological polar surface area (TPSA) is 20.3 Å². The average Bonchev–Trinajstić information content (AvgIpc) is 2.01. The number of alkyl halides is 2. The lowest BCUT2D eigenvalue weighted by Gasteiger charge is -2.28. The average molecular weight is 226 g/mol. The van der Waals surface area contributed by atoms with Gasteiger partial charge in [0.2, 0.25) is 5.91 Å². The zero-order chi connectivity index (χ0) is 10.5. The van der Waals surface area contributed by atoms with Crippen LogP contribution in [0.25, 0.3) is 0 Å². The molecule has 0 bridgehead atoms. The van der Waals surface area contributed by atoms with E-state index in [2.05, 4.69) is 0 Å². The molecule has 0 aromatic rings. The molecule has 0 saturated carbocycles. The summed E-state index contributed by atoms with van der Waals surface area (Å²) in [4.78, 5) is 13.5. The van der Waals surface area contributed by atoms with Gasteiger partial charge < -0.3 is 4.90 Å². The number of hydrogen-bond acceptors (Lipinski definition) is 1. The van der Waals surface area contributed by atoms with Crippen LogP contribution in [0.15, 0.2) is 0 Å². The molecule has 0 aliphatic heterocycles. The Balaban J connectivity index is 4.27. The fraction of sp³-hybridized carbons (Fsp3) is 0.889. The van der Waals surface area contributed by atoms with Crippen LogP contribution in [0.3, 0.4) is 0 Å². The second-order valence-electron chi connectivity index (χ2n) is 3.92. The lowest BCUT2D eigenvalue weighted by Crippen LogP contribution is -2.41. The number of rotatable bonds is 4. The van der Waals surface area contributed by atoms with Crippen LogP contribution in [0.5, 0.6) is 0 Å². The highest BCUT2D eigenvalue weighted by Crippen LogP contribution is 2.17. The molecule has 0 N–H and O–H groups in total. The molecular weight excluding hydrogens is 209 g/mol. The molecule has 0 unspecified atom stereocenters. The Bertz CT molecular complexity index is 159. The monoisotopic (exact) mass is 225 g/mol. The molecule has 0 fully saturated rings. The molecule has 0 radical (unpaired) electrons. The van der Waals surface area contributed by atoms with Crippen molar-refractivity contribution in [2.45, 2.75) is 20.8 Å². The number of carbonyl (C=O) groups excluding carboxylic acids is 1. The molecule has 0 aliphatic rings. The highest BCUT2D eigenvalue weighted by molar-refractivity contribution is 6.18. The maximum atomic E-state index is 11.8. The van der Waals surface area contributed by atoms with Gasteiger partial charge in [-0.25, -0.2) is 0 Å². The number of hydrogen-bond donors (Lipinski definition) is 0. The Labute approximate surface area is 90.2 Å². The molecule has 0 saturated heterocycles. The van der Waals surface area contributed by atoms with Crippen molar-refractivity contribution in [1.82, 2.24) is 4.90 Å². The zero-order valence-electron chi connectivity index (χ0n) is 8.44. The minimum atomic E-state index is -0.349. The third-order valence-corrected chi connectivity index (χ3v) is 1.98. The molecule has 0 atom stereocenters. The molecule has 4 heteroatoms. The molecule has 78 valence electrons. The number of amides is 1. The van der Waals surface area contributed by atoms with Crippen molar-refractivity contribution in [3.8, 4) is 0 Å². The highest BCUT2D eigenvalue weighted by Gasteiger charge is 2.26. The lowest BCUT2D eigenvalue weighted by atomic mass is 9.95. The van der Waals surface area contributed by atoms with Crippen LogP contribution in [0.2, 0.25) is 0 Å². The first kappa shape index (κ1) is 13.1. The Morgan fingerprint density at radius 3 is 1.77 bits per heavy atom. The van der Waals surface area contributed by atoms with Gasteiger partial charge in [-0.2, -0.15) is 0 Å². The number of halogens is 2. The Morgan fingerprint density at radius 2 is 1.54 bits per heavy atom. The summed E-state index contributed by atoms with van der Waals surface area (Å²) in [5, 5.41) is 0. The molecule has 0 heterocycles. The maximum Gasteiger partial charge on any atom is 0.228 e. The van der Waals surface area contributed by atoms with Gasteiger partial charge in [0.1, 0.15) is 0 Å². The van der Waals surface area contributed by atoms with Crippen molar-refractivity contribution in [3.63, 3.8) is 0 Å². The summed E-state index contributed by atoms with van der Waals surface area (Å²) in [6, 6.07) is 0. The first-order valence-corrected chi connectivity index (χ1v) is 5.41. The Hall–Kier alpha value is 0.0500. The van der Waals surface area contributed by atoms with E-state index in [9.17, 15) is 4.79 Å². The summed E-state index contributed by atoms with van der Waals surface area (Å²) in [6.07, 6.45) is 0. The van der Waals surface area contributed by atoms with E-state index in [-0.39, 0.29) is 11.3 Å². The molecule has 0 spiro atoms. The summed E-state index contributed by atoms with van der Waals surface area (Å²) < 4.78 is 0. The normalized spacial score (nSPS) is 11.5. The van der Waals surface area contributed by atoms with E-state index in [1.807, 2.05) is 20.8 Å². The summed E-state index contributed by atoms with van der Waals surface area (Å²) >= 11 is 11.2. The highest BCUT2D eigenvalue weighted by atomic mass is 35.5. The maximum absolute atomic E-state index is 11.8. The van der Waals surface area contributed by atoms with E-state index in [0.29, 0.717) is 24.8 Å². The predicted octanol–water partition coefficient (Wildman–Crippen LogP) is 2.34. The number of nitrogens with zero attached hydrogens (tertiary/aromatic N) is 1. The van der Waals surface area contributed by atoms with Crippen molar-refractivity contribution in [3.05, 3.63) is 0 Å². The first-order valence-electron chi connectivity index (χ1n) is 4.34. The van der Waals surface area contributed by atoms with Gasteiger partial charge in [-0.3, -0.25) is 4.79 Å². The third-order valence-electron chi connectivity index (χ3n) is 1.64. The molecule has 0 aromatic heterocycles. The van der Waals surface area contributed by atoms with Gasteiger partial charge in [0, 0.05) is 30.3 Å². The zero-order valence-corrected chi connectivity index (χ0v) is 9.95. The molecule has 13 heavy (non-hydrogen) atoms. The minimum Gasteiger partial charge on any atom is -0.340 e.